The van der Waals surface area contributed by atoms with Gasteiger partial charge in [0.2, 0.25) is 0 Å². The second-order valence-corrected chi connectivity index (χ2v) is 5.60. The van der Waals surface area contributed by atoms with E-state index in [0.29, 0.717) is 11.8 Å². The molecule has 1 aromatic heterocycles. The molecule has 0 saturated carbocycles. The molecule has 0 atom stereocenters. The van der Waals surface area contributed by atoms with Crippen molar-refractivity contribution in [2.24, 2.45) is 5.73 Å². The molecule has 0 aliphatic heterocycles. The summed E-state index contributed by atoms with van der Waals surface area (Å²) in [6, 6.07) is 7.86. The lowest BCUT2D eigenvalue weighted by Crippen LogP contribution is -2.24. The number of ether oxygens (including phenoxy) is 2. The number of rotatable bonds is 8. The van der Waals surface area contributed by atoms with E-state index in [0.717, 1.165) is 11.3 Å². The molecule has 2 rings (SSSR count). The lowest BCUT2D eigenvalue weighted by atomic mass is 10.2. The molecular formula is C16H14N2O6S. The first kappa shape index (κ1) is 18.1. The van der Waals surface area contributed by atoms with Crippen LogP contribution in [0.15, 0.2) is 35.7 Å². The molecule has 0 spiro atoms. The fourth-order valence-corrected chi connectivity index (χ4v) is 2.61. The number of esters is 1. The number of aldehydes is 1. The highest BCUT2D eigenvalue weighted by Crippen LogP contribution is 2.22. The maximum atomic E-state index is 11.7. The number of anilines is 1. The van der Waals surface area contributed by atoms with Crippen molar-refractivity contribution >= 4 is 40.4 Å². The summed E-state index contributed by atoms with van der Waals surface area (Å²) in [6.45, 7) is -1.00. The van der Waals surface area contributed by atoms with Crippen LogP contribution in [0.25, 0.3) is 0 Å². The van der Waals surface area contributed by atoms with Gasteiger partial charge < -0.3 is 20.5 Å². The minimum absolute atomic E-state index is 0.179. The number of nitrogens with two attached hydrogens (primary N) is 1. The van der Waals surface area contributed by atoms with Crippen LogP contribution in [0.1, 0.15) is 20.7 Å². The Bertz CT molecular complexity index is 801. The van der Waals surface area contributed by atoms with Gasteiger partial charge in [0.05, 0.1) is 11.1 Å². The van der Waals surface area contributed by atoms with Gasteiger partial charge in [0.1, 0.15) is 10.8 Å². The van der Waals surface area contributed by atoms with Gasteiger partial charge in [0.15, 0.2) is 19.5 Å². The minimum Gasteiger partial charge on any atom is -0.481 e. The van der Waals surface area contributed by atoms with Crippen LogP contribution in [0.2, 0.25) is 0 Å². The van der Waals surface area contributed by atoms with Crippen LogP contribution in [0.3, 0.4) is 0 Å². The lowest BCUT2D eigenvalue weighted by Gasteiger charge is -2.08. The van der Waals surface area contributed by atoms with Crippen LogP contribution in [-0.2, 0) is 14.3 Å². The quantitative estimate of drug-likeness (QED) is 0.537. The zero-order valence-corrected chi connectivity index (χ0v) is 13.7. The number of primary amides is 1. The molecule has 0 radical (unpaired) electrons. The molecule has 0 bridgehead atoms. The smallest absolute Gasteiger partial charge is 0.344 e. The van der Waals surface area contributed by atoms with Crippen LogP contribution >= 0.6 is 11.3 Å². The van der Waals surface area contributed by atoms with Crippen molar-refractivity contribution in [1.82, 2.24) is 0 Å². The molecule has 130 valence electrons. The minimum atomic E-state index is -0.780. The predicted molar refractivity (Wildman–Crippen MR) is 89.8 cm³/mol. The number of thiophene rings is 1. The Morgan fingerprint density at radius 3 is 2.64 bits per heavy atom. The summed E-state index contributed by atoms with van der Waals surface area (Å²) in [4.78, 5) is 45.3. The zero-order valence-electron chi connectivity index (χ0n) is 12.9. The van der Waals surface area contributed by atoms with Crippen LogP contribution < -0.4 is 15.8 Å². The summed E-state index contributed by atoms with van der Waals surface area (Å²) in [5, 5.41) is 4.31. The van der Waals surface area contributed by atoms with E-state index in [1.165, 1.54) is 12.1 Å². The van der Waals surface area contributed by atoms with E-state index >= 15 is 0 Å². The van der Waals surface area contributed by atoms with Gasteiger partial charge in [0.25, 0.3) is 11.8 Å². The molecule has 2 aromatic rings. The van der Waals surface area contributed by atoms with Gasteiger partial charge in [-0.2, -0.15) is 0 Å². The molecule has 8 nitrogen and oxygen atoms in total. The Hall–Kier alpha value is -3.20. The summed E-state index contributed by atoms with van der Waals surface area (Å²) in [7, 11) is 0. The predicted octanol–water partition coefficient (Wildman–Crippen LogP) is 1.22. The van der Waals surface area contributed by atoms with Crippen LogP contribution in [-0.4, -0.2) is 37.3 Å². The number of carbonyl (C=O) groups excluding carboxylic acids is 4. The molecule has 0 aliphatic rings. The number of amides is 2. The van der Waals surface area contributed by atoms with Crippen molar-refractivity contribution in [3.8, 4) is 5.75 Å². The normalized spacial score (nSPS) is 9.92. The van der Waals surface area contributed by atoms with Crippen molar-refractivity contribution in [2.75, 3.05) is 18.5 Å². The van der Waals surface area contributed by atoms with E-state index < -0.39 is 31.0 Å². The molecule has 0 aliphatic carbocycles. The second kappa shape index (κ2) is 8.60. The Kier molecular flexibility index (Phi) is 6.24. The average Bonchev–Trinajstić information content (AvgIpc) is 3.06. The standard InChI is InChI=1S/C16H14N2O6S/c17-15(22)11-5-6-25-16(11)18-13(20)8-24-14(21)9-23-12-4-2-1-3-10(12)7-19/h1-7H,8-9H2,(H2,17,22)(H,18,20). The number of nitrogens with one attached hydrogen (secondary N) is 1. The molecule has 1 aromatic carbocycles. The fourth-order valence-electron chi connectivity index (χ4n) is 1.80. The maximum Gasteiger partial charge on any atom is 0.344 e. The van der Waals surface area contributed by atoms with E-state index in [9.17, 15) is 19.2 Å². The SMILES string of the molecule is NC(=O)c1ccsc1NC(=O)COC(=O)COc1ccccc1C=O. The van der Waals surface area contributed by atoms with Gasteiger partial charge in [-0.05, 0) is 23.6 Å². The van der Waals surface area contributed by atoms with Crippen LogP contribution in [0.5, 0.6) is 5.75 Å². The van der Waals surface area contributed by atoms with Crippen molar-refractivity contribution < 1.29 is 28.7 Å². The number of hydrogen-bond acceptors (Lipinski definition) is 7. The van der Waals surface area contributed by atoms with E-state index in [2.05, 4.69) is 5.32 Å². The Morgan fingerprint density at radius 2 is 1.92 bits per heavy atom. The number of para-hydroxylation sites is 1. The maximum absolute atomic E-state index is 11.7. The van der Waals surface area contributed by atoms with Crippen molar-refractivity contribution in [1.29, 1.82) is 0 Å². The Labute approximate surface area is 146 Å². The molecule has 25 heavy (non-hydrogen) atoms. The summed E-state index contributed by atoms with van der Waals surface area (Å²) < 4.78 is 9.95. The van der Waals surface area contributed by atoms with Gasteiger partial charge in [0, 0.05) is 0 Å². The summed E-state index contributed by atoms with van der Waals surface area (Å²) in [5.41, 5.74) is 5.64. The number of benzene rings is 1. The van der Waals surface area contributed by atoms with Crippen molar-refractivity contribution in [3.63, 3.8) is 0 Å². The highest BCUT2D eigenvalue weighted by Gasteiger charge is 2.14. The second-order valence-electron chi connectivity index (χ2n) is 4.68. The van der Waals surface area contributed by atoms with E-state index in [1.807, 2.05) is 0 Å². The van der Waals surface area contributed by atoms with Crippen LogP contribution in [0.4, 0.5) is 5.00 Å². The van der Waals surface area contributed by atoms with Gasteiger partial charge >= 0.3 is 5.97 Å². The first-order chi connectivity index (χ1) is 12.0. The molecule has 2 amide bonds. The molecule has 9 heteroatoms. The highest BCUT2D eigenvalue weighted by molar-refractivity contribution is 7.14. The lowest BCUT2D eigenvalue weighted by molar-refractivity contribution is -0.149. The average molecular weight is 362 g/mol. The Morgan fingerprint density at radius 1 is 1.16 bits per heavy atom. The molecule has 1 heterocycles. The molecular weight excluding hydrogens is 348 g/mol. The van der Waals surface area contributed by atoms with E-state index in [4.69, 9.17) is 15.2 Å². The topological polar surface area (TPSA) is 125 Å². The van der Waals surface area contributed by atoms with Gasteiger partial charge in [-0.25, -0.2) is 4.79 Å². The van der Waals surface area contributed by atoms with Gasteiger partial charge in [-0.3, -0.25) is 14.4 Å². The number of hydrogen-bond donors (Lipinski definition) is 2. The number of carbonyl (C=O) groups is 4. The fraction of sp³-hybridized carbons (Fsp3) is 0.125. The highest BCUT2D eigenvalue weighted by atomic mass is 32.1. The third-order valence-corrected chi connectivity index (χ3v) is 3.77. The molecule has 0 fully saturated rings. The van der Waals surface area contributed by atoms with Crippen molar-refractivity contribution in [3.05, 3.63) is 46.8 Å². The summed E-state index contributed by atoms with van der Waals surface area (Å²) >= 11 is 1.12. The summed E-state index contributed by atoms with van der Waals surface area (Å²) in [6.07, 6.45) is 0.603. The third kappa shape index (κ3) is 5.15. The summed E-state index contributed by atoms with van der Waals surface area (Å²) in [5.74, 6) is -1.83. The van der Waals surface area contributed by atoms with Gasteiger partial charge in [-0.15, -0.1) is 11.3 Å². The van der Waals surface area contributed by atoms with Crippen LogP contribution in [0, 0.1) is 0 Å². The molecule has 0 saturated heterocycles. The van der Waals surface area contributed by atoms with E-state index in [-0.39, 0.29) is 16.3 Å². The molecule has 3 N–H and O–H groups in total. The zero-order chi connectivity index (χ0) is 18.2. The van der Waals surface area contributed by atoms with E-state index in [1.54, 1.807) is 23.6 Å². The monoisotopic (exact) mass is 362 g/mol. The van der Waals surface area contributed by atoms with Gasteiger partial charge in [-0.1, -0.05) is 12.1 Å². The first-order valence-corrected chi connectivity index (χ1v) is 7.89. The van der Waals surface area contributed by atoms with Crippen molar-refractivity contribution in [2.45, 2.75) is 0 Å². The third-order valence-electron chi connectivity index (χ3n) is 2.94. The first-order valence-electron chi connectivity index (χ1n) is 7.01. The Balaban J connectivity index is 1.79. The molecule has 0 unspecified atom stereocenters. The largest absolute Gasteiger partial charge is 0.481 e.